The lowest BCUT2D eigenvalue weighted by molar-refractivity contribution is -0.138. The van der Waals surface area contributed by atoms with Gasteiger partial charge in [-0.25, -0.2) is 4.79 Å². The summed E-state index contributed by atoms with van der Waals surface area (Å²) in [5, 5.41) is 18.0. The van der Waals surface area contributed by atoms with E-state index < -0.39 is 13.1 Å². The van der Waals surface area contributed by atoms with Crippen molar-refractivity contribution in [1.82, 2.24) is 0 Å². The first-order valence-corrected chi connectivity index (χ1v) is 4.38. The van der Waals surface area contributed by atoms with E-state index in [4.69, 9.17) is 14.8 Å². The van der Waals surface area contributed by atoms with Crippen LogP contribution >= 0.6 is 0 Å². The minimum Gasteiger partial charge on any atom is -0.458 e. The number of ether oxygens (including phenoxy) is 1. The molecule has 0 unspecified atom stereocenters. The van der Waals surface area contributed by atoms with E-state index in [1.807, 2.05) is 0 Å². The van der Waals surface area contributed by atoms with Gasteiger partial charge in [0.25, 0.3) is 0 Å². The van der Waals surface area contributed by atoms with Gasteiger partial charge in [0, 0.05) is 6.08 Å². The predicted molar refractivity (Wildman–Crippen MR) is 56.3 cm³/mol. The van der Waals surface area contributed by atoms with Crippen LogP contribution in [0.3, 0.4) is 0 Å². The van der Waals surface area contributed by atoms with Crippen LogP contribution in [0.5, 0.6) is 0 Å². The zero-order valence-corrected chi connectivity index (χ0v) is 8.09. The van der Waals surface area contributed by atoms with Crippen LogP contribution in [0, 0.1) is 0 Å². The number of hydrogen-bond donors (Lipinski definition) is 2. The van der Waals surface area contributed by atoms with Crippen molar-refractivity contribution >= 4 is 18.6 Å². The number of carbonyl (C=O) groups is 1. The number of benzene rings is 1. The van der Waals surface area contributed by atoms with Crippen LogP contribution < -0.4 is 5.46 Å². The molecule has 0 saturated heterocycles. The maximum absolute atomic E-state index is 10.8. The van der Waals surface area contributed by atoms with E-state index in [9.17, 15) is 4.79 Å². The summed E-state index contributed by atoms with van der Waals surface area (Å²) >= 11 is 0. The summed E-state index contributed by atoms with van der Waals surface area (Å²) in [7, 11) is -1.57. The van der Waals surface area contributed by atoms with Gasteiger partial charge >= 0.3 is 13.1 Å². The fourth-order valence-electron chi connectivity index (χ4n) is 1.13. The van der Waals surface area contributed by atoms with Gasteiger partial charge in [0.2, 0.25) is 0 Å². The second kappa shape index (κ2) is 5.33. The molecule has 1 aromatic rings. The SMILES string of the molecule is C=CC(=O)OCc1ccccc1B(O)O. The third-order valence-corrected chi connectivity index (χ3v) is 1.87. The Morgan fingerprint density at radius 3 is 2.73 bits per heavy atom. The summed E-state index contributed by atoms with van der Waals surface area (Å²) in [5.74, 6) is -0.544. The van der Waals surface area contributed by atoms with Crippen molar-refractivity contribution in [3.05, 3.63) is 42.5 Å². The molecule has 4 nitrogen and oxygen atoms in total. The molecule has 5 heteroatoms. The Morgan fingerprint density at radius 1 is 1.47 bits per heavy atom. The van der Waals surface area contributed by atoms with E-state index in [1.165, 1.54) is 0 Å². The van der Waals surface area contributed by atoms with Gasteiger partial charge in [-0.2, -0.15) is 0 Å². The molecule has 1 aromatic carbocycles. The highest BCUT2D eigenvalue weighted by atomic mass is 16.5. The highest BCUT2D eigenvalue weighted by Gasteiger charge is 2.15. The van der Waals surface area contributed by atoms with Crippen LogP contribution in [0.15, 0.2) is 36.9 Å². The highest BCUT2D eigenvalue weighted by molar-refractivity contribution is 6.59. The maximum Gasteiger partial charge on any atom is 0.488 e. The smallest absolute Gasteiger partial charge is 0.458 e. The van der Waals surface area contributed by atoms with E-state index >= 15 is 0 Å². The molecule has 0 spiro atoms. The average molecular weight is 206 g/mol. The van der Waals surface area contributed by atoms with E-state index in [1.54, 1.807) is 24.3 Å². The summed E-state index contributed by atoms with van der Waals surface area (Å²) in [6, 6.07) is 6.61. The summed E-state index contributed by atoms with van der Waals surface area (Å²) in [6.07, 6.45) is 1.05. The molecule has 0 aliphatic rings. The number of rotatable bonds is 4. The summed E-state index contributed by atoms with van der Waals surface area (Å²) in [4.78, 5) is 10.8. The van der Waals surface area contributed by atoms with Gasteiger partial charge in [0.05, 0.1) is 0 Å². The predicted octanol–water partition coefficient (Wildman–Crippen LogP) is -0.404. The maximum atomic E-state index is 10.8. The first kappa shape index (κ1) is 11.5. The summed E-state index contributed by atoms with van der Waals surface area (Å²) in [6.45, 7) is 3.26. The minimum absolute atomic E-state index is 0.00134. The topological polar surface area (TPSA) is 66.8 Å². The van der Waals surface area contributed by atoms with Crippen molar-refractivity contribution < 1.29 is 19.6 Å². The van der Waals surface area contributed by atoms with E-state index in [-0.39, 0.29) is 6.61 Å². The fraction of sp³-hybridized carbons (Fsp3) is 0.100. The number of hydrogen-bond acceptors (Lipinski definition) is 4. The molecule has 0 bridgehead atoms. The Labute approximate surface area is 88.0 Å². The van der Waals surface area contributed by atoms with Gasteiger partial charge in [-0.3, -0.25) is 0 Å². The third-order valence-electron chi connectivity index (χ3n) is 1.87. The molecular weight excluding hydrogens is 195 g/mol. The zero-order valence-electron chi connectivity index (χ0n) is 8.09. The Hall–Kier alpha value is -1.59. The zero-order chi connectivity index (χ0) is 11.3. The second-order valence-electron chi connectivity index (χ2n) is 2.88. The Balaban J connectivity index is 2.75. The molecule has 0 amide bonds. The van der Waals surface area contributed by atoms with Gasteiger partial charge in [-0.15, -0.1) is 0 Å². The third kappa shape index (κ3) is 3.23. The van der Waals surface area contributed by atoms with Crippen LogP contribution in [-0.4, -0.2) is 23.1 Å². The fourth-order valence-corrected chi connectivity index (χ4v) is 1.13. The molecule has 0 heterocycles. The summed E-state index contributed by atoms with van der Waals surface area (Å²) < 4.78 is 4.79. The van der Waals surface area contributed by atoms with Crippen molar-refractivity contribution in [2.24, 2.45) is 0 Å². The normalized spacial score (nSPS) is 9.47. The first-order chi connectivity index (χ1) is 7.15. The van der Waals surface area contributed by atoms with Crippen LogP contribution in [-0.2, 0) is 16.1 Å². The lowest BCUT2D eigenvalue weighted by atomic mass is 9.77. The molecule has 78 valence electrons. The molecule has 1 rings (SSSR count). The van der Waals surface area contributed by atoms with Crippen LogP contribution in [0.25, 0.3) is 0 Å². The van der Waals surface area contributed by atoms with Crippen molar-refractivity contribution in [2.75, 3.05) is 0 Å². The average Bonchev–Trinajstić information content (AvgIpc) is 2.26. The number of carbonyl (C=O) groups excluding carboxylic acids is 1. The molecule has 2 N–H and O–H groups in total. The molecule has 0 aliphatic heterocycles. The van der Waals surface area contributed by atoms with E-state index in [0.29, 0.717) is 11.0 Å². The largest absolute Gasteiger partial charge is 0.488 e. The van der Waals surface area contributed by atoms with Crippen LogP contribution in [0.2, 0.25) is 0 Å². The van der Waals surface area contributed by atoms with Crippen molar-refractivity contribution in [2.45, 2.75) is 6.61 Å². The van der Waals surface area contributed by atoms with Crippen molar-refractivity contribution in [1.29, 1.82) is 0 Å². The van der Waals surface area contributed by atoms with E-state index in [0.717, 1.165) is 6.08 Å². The van der Waals surface area contributed by atoms with Gasteiger partial charge in [-0.05, 0) is 11.0 Å². The molecule has 0 saturated carbocycles. The molecule has 0 fully saturated rings. The molecule has 0 aromatic heterocycles. The van der Waals surface area contributed by atoms with Gasteiger partial charge < -0.3 is 14.8 Å². The molecule has 15 heavy (non-hydrogen) atoms. The van der Waals surface area contributed by atoms with E-state index in [2.05, 4.69) is 6.58 Å². The minimum atomic E-state index is -1.57. The quantitative estimate of drug-likeness (QED) is 0.399. The van der Waals surface area contributed by atoms with Gasteiger partial charge in [-0.1, -0.05) is 30.8 Å². The van der Waals surface area contributed by atoms with Gasteiger partial charge in [0.15, 0.2) is 0 Å². The Bertz CT molecular complexity index is 362. The molecule has 0 radical (unpaired) electrons. The van der Waals surface area contributed by atoms with Crippen molar-refractivity contribution in [3.63, 3.8) is 0 Å². The van der Waals surface area contributed by atoms with Crippen molar-refractivity contribution in [3.8, 4) is 0 Å². The van der Waals surface area contributed by atoms with Gasteiger partial charge in [0.1, 0.15) is 6.61 Å². The Kier molecular flexibility index (Phi) is 4.09. The first-order valence-electron chi connectivity index (χ1n) is 4.38. The lowest BCUT2D eigenvalue weighted by Crippen LogP contribution is -2.33. The standard InChI is InChI=1S/C10H11BO4/c1-2-10(12)15-7-8-5-3-4-6-9(8)11(13)14/h2-6,13-14H,1,7H2. The highest BCUT2D eigenvalue weighted by Crippen LogP contribution is 2.00. The molecule has 0 aliphatic carbocycles. The Morgan fingerprint density at radius 2 is 2.13 bits per heavy atom. The lowest BCUT2D eigenvalue weighted by Gasteiger charge is -2.08. The number of esters is 1. The monoisotopic (exact) mass is 206 g/mol. The van der Waals surface area contributed by atoms with Crippen LogP contribution in [0.4, 0.5) is 0 Å². The summed E-state index contributed by atoms with van der Waals surface area (Å²) in [5.41, 5.74) is 0.886. The molecular formula is C10H11BO4. The second-order valence-corrected chi connectivity index (χ2v) is 2.88. The van der Waals surface area contributed by atoms with Crippen LogP contribution in [0.1, 0.15) is 5.56 Å². The molecule has 0 atom stereocenters.